The lowest BCUT2D eigenvalue weighted by Crippen LogP contribution is -2.23. The van der Waals surface area contributed by atoms with Gasteiger partial charge in [-0.25, -0.2) is 0 Å². The van der Waals surface area contributed by atoms with E-state index in [4.69, 9.17) is 4.74 Å². The monoisotopic (exact) mass is 251 g/mol. The molecule has 1 rings (SSSR count). The topological polar surface area (TPSA) is 32.7 Å². The number of phenols is 1. The SMILES string of the molecule is CCCCN(CC)Cc1ccc(O)c(OCC)c1. The third-order valence-electron chi connectivity index (χ3n) is 3.01. The molecule has 1 aromatic carbocycles. The van der Waals surface area contributed by atoms with E-state index >= 15 is 0 Å². The van der Waals surface area contributed by atoms with Crippen LogP contribution in [-0.4, -0.2) is 29.7 Å². The van der Waals surface area contributed by atoms with Gasteiger partial charge in [-0.3, -0.25) is 4.90 Å². The van der Waals surface area contributed by atoms with E-state index in [1.54, 1.807) is 6.07 Å². The Kier molecular flexibility index (Phi) is 6.58. The van der Waals surface area contributed by atoms with Crippen molar-refractivity contribution in [3.63, 3.8) is 0 Å². The van der Waals surface area contributed by atoms with Gasteiger partial charge in [-0.2, -0.15) is 0 Å². The molecule has 0 saturated carbocycles. The van der Waals surface area contributed by atoms with E-state index in [1.165, 1.54) is 18.4 Å². The van der Waals surface area contributed by atoms with Gasteiger partial charge in [-0.15, -0.1) is 0 Å². The highest BCUT2D eigenvalue weighted by atomic mass is 16.5. The molecule has 0 heterocycles. The van der Waals surface area contributed by atoms with Crippen molar-refractivity contribution in [1.29, 1.82) is 0 Å². The van der Waals surface area contributed by atoms with Gasteiger partial charge in [0.15, 0.2) is 11.5 Å². The number of hydrogen-bond donors (Lipinski definition) is 1. The first-order chi connectivity index (χ1) is 8.71. The molecule has 0 aliphatic rings. The lowest BCUT2D eigenvalue weighted by atomic mass is 10.2. The lowest BCUT2D eigenvalue weighted by Gasteiger charge is -2.20. The van der Waals surface area contributed by atoms with Gasteiger partial charge in [0.05, 0.1) is 6.61 Å². The Morgan fingerprint density at radius 2 is 2.00 bits per heavy atom. The van der Waals surface area contributed by atoms with Crippen molar-refractivity contribution in [2.75, 3.05) is 19.7 Å². The number of phenolic OH excluding ortho intramolecular Hbond substituents is 1. The summed E-state index contributed by atoms with van der Waals surface area (Å²) in [7, 11) is 0. The molecule has 3 nitrogen and oxygen atoms in total. The molecule has 18 heavy (non-hydrogen) atoms. The molecule has 0 aromatic heterocycles. The molecule has 0 saturated heterocycles. The van der Waals surface area contributed by atoms with Crippen molar-refractivity contribution >= 4 is 0 Å². The minimum Gasteiger partial charge on any atom is -0.504 e. The van der Waals surface area contributed by atoms with E-state index in [2.05, 4.69) is 18.7 Å². The second-order valence-electron chi connectivity index (χ2n) is 4.46. The van der Waals surface area contributed by atoms with Crippen LogP contribution in [0.25, 0.3) is 0 Å². The molecule has 3 heteroatoms. The van der Waals surface area contributed by atoms with Crippen LogP contribution in [0.1, 0.15) is 39.2 Å². The van der Waals surface area contributed by atoms with E-state index in [-0.39, 0.29) is 5.75 Å². The van der Waals surface area contributed by atoms with E-state index in [1.807, 2.05) is 19.1 Å². The van der Waals surface area contributed by atoms with Crippen LogP contribution in [0.2, 0.25) is 0 Å². The predicted molar refractivity (Wildman–Crippen MR) is 75.1 cm³/mol. The number of benzene rings is 1. The summed E-state index contributed by atoms with van der Waals surface area (Å²) in [5, 5.41) is 9.66. The quantitative estimate of drug-likeness (QED) is 0.768. The second-order valence-corrected chi connectivity index (χ2v) is 4.46. The molecule has 0 unspecified atom stereocenters. The molecular weight excluding hydrogens is 226 g/mol. The van der Waals surface area contributed by atoms with Gasteiger partial charge in [0.1, 0.15) is 0 Å². The maximum absolute atomic E-state index is 9.66. The average molecular weight is 251 g/mol. The Morgan fingerprint density at radius 3 is 2.61 bits per heavy atom. The van der Waals surface area contributed by atoms with Crippen LogP contribution in [0.5, 0.6) is 11.5 Å². The lowest BCUT2D eigenvalue weighted by molar-refractivity contribution is 0.273. The summed E-state index contributed by atoms with van der Waals surface area (Å²) in [5.41, 5.74) is 1.19. The minimum absolute atomic E-state index is 0.220. The molecule has 1 N–H and O–H groups in total. The van der Waals surface area contributed by atoms with Gasteiger partial charge in [-0.05, 0) is 44.1 Å². The number of nitrogens with zero attached hydrogens (tertiary/aromatic N) is 1. The van der Waals surface area contributed by atoms with E-state index in [0.29, 0.717) is 12.4 Å². The Bertz CT molecular complexity index is 352. The van der Waals surface area contributed by atoms with Gasteiger partial charge < -0.3 is 9.84 Å². The van der Waals surface area contributed by atoms with Crippen LogP contribution >= 0.6 is 0 Å². The molecule has 0 aliphatic heterocycles. The average Bonchev–Trinajstić information content (AvgIpc) is 2.38. The highest BCUT2D eigenvalue weighted by molar-refractivity contribution is 5.41. The minimum atomic E-state index is 0.220. The number of ether oxygens (including phenoxy) is 1. The van der Waals surface area contributed by atoms with Crippen molar-refractivity contribution in [3.05, 3.63) is 23.8 Å². The zero-order valence-corrected chi connectivity index (χ0v) is 11.8. The zero-order chi connectivity index (χ0) is 13.4. The van der Waals surface area contributed by atoms with E-state index < -0.39 is 0 Å². The smallest absolute Gasteiger partial charge is 0.161 e. The molecule has 0 amide bonds. The van der Waals surface area contributed by atoms with Gasteiger partial charge in [0, 0.05) is 6.54 Å². The number of rotatable bonds is 8. The highest BCUT2D eigenvalue weighted by Crippen LogP contribution is 2.27. The fourth-order valence-corrected chi connectivity index (χ4v) is 1.92. The Morgan fingerprint density at radius 1 is 1.22 bits per heavy atom. The van der Waals surface area contributed by atoms with Crippen molar-refractivity contribution in [3.8, 4) is 11.5 Å². The van der Waals surface area contributed by atoms with Crippen molar-refractivity contribution in [2.45, 2.75) is 40.2 Å². The maximum atomic E-state index is 9.66. The van der Waals surface area contributed by atoms with Crippen LogP contribution in [0.4, 0.5) is 0 Å². The van der Waals surface area contributed by atoms with Crippen LogP contribution in [-0.2, 0) is 6.54 Å². The molecule has 102 valence electrons. The third kappa shape index (κ3) is 4.57. The normalized spacial score (nSPS) is 10.9. The zero-order valence-electron chi connectivity index (χ0n) is 11.8. The molecule has 1 aromatic rings. The summed E-state index contributed by atoms with van der Waals surface area (Å²) in [6.07, 6.45) is 2.44. The fraction of sp³-hybridized carbons (Fsp3) is 0.600. The first kappa shape index (κ1) is 14.8. The summed E-state index contributed by atoms with van der Waals surface area (Å²) in [4.78, 5) is 2.41. The predicted octanol–water partition coefficient (Wildman–Crippen LogP) is 3.41. The van der Waals surface area contributed by atoms with Gasteiger partial charge >= 0.3 is 0 Å². The molecule has 0 aliphatic carbocycles. The van der Waals surface area contributed by atoms with Crippen molar-refractivity contribution in [2.24, 2.45) is 0 Å². The highest BCUT2D eigenvalue weighted by Gasteiger charge is 2.07. The summed E-state index contributed by atoms with van der Waals surface area (Å²) in [6, 6.07) is 5.62. The Hall–Kier alpha value is -1.22. The van der Waals surface area contributed by atoms with Crippen molar-refractivity contribution in [1.82, 2.24) is 4.90 Å². The van der Waals surface area contributed by atoms with E-state index in [9.17, 15) is 5.11 Å². The van der Waals surface area contributed by atoms with Crippen LogP contribution in [0.3, 0.4) is 0 Å². The van der Waals surface area contributed by atoms with E-state index in [0.717, 1.165) is 19.6 Å². The Balaban J connectivity index is 2.67. The Labute approximate surface area is 110 Å². The summed E-state index contributed by atoms with van der Waals surface area (Å²) < 4.78 is 5.41. The summed E-state index contributed by atoms with van der Waals surface area (Å²) in [6.45, 7) is 9.97. The van der Waals surface area contributed by atoms with Crippen LogP contribution < -0.4 is 4.74 Å². The van der Waals surface area contributed by atoms with Crippen molar-refractivity contribution < 1.29 is 9.84 Å². The number of hydrogen-bond acceptors (Lipinski definition) is 3. The van der Waals surface area contributed by atoms with Crippen LogP contribution in [0, 0.1) is 0 Å². The number of aromatic hydroxyl groups is 1. The molecule has 0 radical (unpaired) electrons. The standard InChI is InChI=1S/C15H25NO2/c1-4-7-10-16(5-2)12-13-8-9-14(17)15(11-13)18-6-3/h8-9,11,17H,4-7,10,12H2,1-3H3. The molecule has 0 spiro atoms. The van der Waals surface area contributed by atoms with Gasteiger partial charge in [0.2, 0.25) is 0 Å². The van der Waals surface area contributed by atoms with Gasteiger partial charge in [0.25, 0.3) is 0 Å². The molecular formula is C15H25NO2. The first-order valence-corrected chi connectivity index (χ1v) is 6.88. The van der Waals surface area contributed by atoms with Gasteiger partial charge in [-0.1, -0.05) is 26.3 Å². The first-order valence-electron chi connectivity index (χ1n) is 6.88. The summed E-state index contributed by atoms with van der Waals surface area (Å²) in [5.74, 6) is 0.804. The largest absolute Gasteiger partial charge is 0.504 e. The van der Waals surface area contributed by atoms with Crippen LogP contribution in [0.15, 0.2) is 18.2 Å². The summed E-state index contributed by atoms with van der Waals surface area (Å²) >= 11 is 0. The maximum Gasteiger partial charge on any atom is 0.161 e. The molecule has 0 fully saturated rings. The number of unbranched alkanes of at least 4 members (excludes halogenated alkanes) is 1. The molecule has 0 bridgehead atoms. The molecule has 0 atom stereocenters. The fourth-order valence-electron chi connectivity index (χ4n) is 1.92. The third-order valence-corrected chi connectivity index (χ3v) is 3.01. The second kappa shape index (κ2) is 7.98.